The van der Waals surface area contributed by atoms with Gasteiger partial charge in [-0.15, -0.1) is 0 Å². The molecule has 0 aliphatic heterocycles. The molecule has 0 fully saturated rings. The molecular weight excluding hydrogens is 899 g/mol. The van der Waals surface area contributed by atoms with Crippen molar-refractivity contribution in [3.63, 3.8) is 0 Å². The van der Waals surface area contributed by atoms with E-state index in [-0.39, 0.29) is 0 Å². The minimum Gasteiger partial charge on any atom is -0.309 e. The van der Waals surface area contributed by atoms with E-state index in [1.54, 1.807) is 0 Å². The van der Waals surface area contributed by atoms with Gasteiger partial charge in [0.25, 0.3) is 0 Å². The highest BCUT2D eigenvalue weighted by Crippen LogP contribution is 2.43. The summed E-state index contributed by atoms with van der Waals surface area (Å²) in [7, 11) is 0. The van der Waals surface area contributed by atoms with E-state index in [1.807, 2.05) is 36.4 Å². The highest BCUT2D eigenvalue weighted by Gasteiger charge is 2.23. The second-order valence-electron chi connectivity index (χ2n) is 20.0. The number of para-hydroxylation sites is 3. The molecule has 0 N–H and O–H groups in total. The first-order chi connectivity index (χ1) is 36.2. The Morgan fingerprint density at radius 3 is 1.16 bits per heavy atom. The van der Waals surface area contributed by atoms with Crippen LogP contribution in [0.5, 0.6) is 0 Å². The highest BCUT2D eigenvalue weighted by atomic mass is 15.1. The van der Waals surface area contributed by atoms with Crippen LogP contribution >= 0.6 is 0 Å². The van der Waals surface area contributed by atoms with Crippen LogP contribution in [-0.2, 0) is 0 Å². The summed E-state index contributed by atoms with van der Waals surface area (Å²) in [6.07, 6.45) is 0. The predicted molar refractivity (Wildman–Crippen MR) is 310 cm³/mol. The number of aryl methyl sites for hydroxylation is 6. The average Bonchev–Trinajstić information content (AvgIpc) is 3.94. The van der Waals surface area contributed by atoms with Crippen LogP contribution in [-0.4, -0.2) is 24.1 Å². The van der Waals surface area contributed by atoms with Gasteiger partial charge in [-0.05, 0) is 146 Å². The molecule has 0 unspecified atom stereocenters. The molecule has 74 heavy (non-hydrogen) atoms. The van der Waals surface area contributed by atoms with Crippen molar-refractivity contribution in [2.24, 2.45) is 0 Å². The summed E-state index contributed by atoms with van der Waals surface area (Å²) in [5.74, 6) is 1.82. The number of aromatic nitrogens is 5. The predicted octanol–water partition coefficient (Wildman–Crippen LogP) is 17.9. The molecule has 5 heteroatoms. The minimum atomic E-state index is 0.589. The second-order valence-corrected chi connectivity index (χ2v) is 20.0. The van der Waals surface area contributed by atoms with E-state index in [0.717, 1.165) is 61.3 Å². The fourth-order valence-corrected chi connectivity index (χ4v) is 12.0. The summed E-state index contributed by atoms with van der Waals surface area (Å²) >= 11 is 0. The molecule has 0 radical (unpaired) electrons. The maximum absolute atomic E-state index is 5.41. The topological polar surface area (TPSA) is 48.5 Å². The number of nitrogens with zero attached hydrogens (tertiary/aromatic N) is 5. The first-order valence-corrected chi connectivity index (χ1v) is 25.5. The Bertz CT molecular complexity index is 4260. The smallest absolute Gasteiger partial charge is 0.166 e. The van der Waals surface area contributed by atoms with Gasteiger partial charge < -0.3 is 9.13 Å². The van der Waals surface area contributed by atoms with Gasteiger partial charge >= 0.3 is 0 Å². The molecule has 0 aliphatic carbocycles. The lowest BCUT2D eigenvalue weighted by atomic mass is 9.93. The van der Waals surface area contributed by atoms with Crippen molar-refractivity contribution >= 4 is 43.6 Å². The summed E-state index contributed by atoms with van der Waals surface area (Å²) in [6, 6.07) is 76.8. The Hall–Kier alpha value is -9.19. The zero-order valence-corrected chi connectivity index (χ0v) is 42.4. The van der Waals surface area contributed by atoms with E-state index in [0.29, 0.717) is 17.5 Å². The first-order valence-electron chi connectivity index (χ1n) is 25.5. The Morgan fingerprint density at radius 2 is 0.662 bits per heavy atom. The molecule has 0 aliphatic rings. The van der Waals surface area contributed by atoms with Crippen molar-refractivity contribution < 1.29 is 0 Å². The third-order valence-electron chi connectivity index (χ3n) is 14.9. The van der Waals surface area contributed by atoms with Crippen molar-refractivity contribution in [3.8, 4) is 78.9 Å². The fourth-order valence-electron chi connectivity index (χ4n) is 12.0. The SMILES string of the molecule is Cc1cc(C)c(-c2ccc3c(c2)c2ccccc2n3-c2ccccc2-c2ccc(-n3c4ccccc4c4cc(-c5c(C)cc(C)cc5C)ccc43)c(-c3nc(-c4ccccc4)nc(-c4ccccc4)n3)c2)c(C)c1. The molecule has 3 aromatic heterocycles. The van der Waals surface area contributed by atoms with E-state index in [9.17, 15) is 0 Å². The van der Waals surface area contributed by atoms with Gasteiger partial charge in [0, 0.05) is 43.8 Å². The Morgan fingerprint density at radius 1 is 0.270 bits per heavy atom. The van der Waals surface area contributed by atoms with Crippen LogP contribution in [0.2, 0.25) is 0 Å². The molecule has 0 saturated carbocycles. The zero-order chi connectivity index (χ0) is 50.2. The molecule has 0 bridgehead atoms. The van der Waals surface area contributed by atoms with Crippen molar-refractivity contribution in [2.45, 2.75) is 41.5 Å². The van der Waals surface area contributed by atoms with E-state index in [4.69, 9.17) is 15.0 Å². The van der Waals surface area contributed by atoms with Crippen molar-refractivity contribution in [2.75, 3.05) is 0 Å². The fraction of sp³-hybridized carbons (Fsp3) is 0.0870. The van der Waals surface area contributed by atoms with Crippen molar-refractivity contribution in [1.82, 2.24) is 24.1 Å². The number of rotatable bonds is 8. The van der Waals surface area contributed by atoms with Gasteiger partial charge in [-0.1, -0.05) is 169 Å². The van der Waals surface area contributed by atoms with E-state index >= 15 is 0 Å². The molecule has 354 valence electrons. The monoisotopic (exact) mass is 951 g/mol. The van der Waals surface area contributed by atoms with Gasteiger partial charge in [-0.2, -0.15) is 0 Å². The van der Waals surface area contributed by atoms with Crippen LogP contribution in [0.3, 0.4) is 0 Å². The maximum atomic E-state index is 5.41. The Kier molecular flexibility index (Phi) is 10.8. The highest BCUT2D eigenvalue weighted by molar-refractivity contribution is 6.12. The molecule has 10 aromatic carbocycles. The third-order valence-corrected chi connectivity index (χ3v) is 14.9. The van der Waals surface area contributed by atoms with Gasteiger partial charge in [0.1, 0.15) is 0 Å². The van der Waals surface area contributed by atoms with Gasteiger partial charge in [0.05, 0.1) is 33.4 Å². The molecule has 0 spiro atoms. The van der Waals surface area contributed by atoms with Crippen LogP contribution in [0.15, 0.2) is 212 Å². The van der Waals surface area contributed by atoms with E-state index in [2.05, 4.69) is 227 Å². The largest absolute Gasteiger partial charge is 0.309 e. The van der Waals surface area contributed by atoms with Crippen LogP contribution in [0.25, 0.3) is 123 Å². The number of hydrogen-bond acceptors (Lipinski definition) is 3. The lowest BCUT2D eigenvalue weighted by Crippen LogP contribution is -2.04. The van der Waals surface area contributed by atoms with Crippen LogP contribution in [0, 0.1) is 41.5 Å². The molecule has 0 atom stereocenters. The number of hydrogen-bond donors (Lipinski definition) is 0. The Balaban J connectivity index is 1.07. The van der Waals surface area contributed by atoms with Gasteiger partial charge in [0.2, 0.25) is 0 Å². The van der Waals surface area contributed by atoms with E-state index < -0.39 is 0 Å². The average molecular weight is 952 g/mol. The van der Waals surface area contributed by atoms with Crippen molar-refractivity contribution in [1.29, 1.82) is 0 Å². The third kappa shape index (κ3) is 7.51. The summed E-state index contributed by atoms with van der Waals surface area (Å²) < 4.78 is 4.85. The number of fused-ring (bicyclic) bond motifs is 6. The summed E-state index contributed by atoms with van der Waals surface area (Å²) in [5, 5.41) is 4.80. The standard InChI is InChI=1S/C69H53N5/c1-42-35-44(3)65(45(4)36-42)51-30-33-62-56(40-51)54-24-14-17-27-60(54)73(62)59-26-16-13-23-53(59)50-29-32-64(58(39-50)69-71-67(48-19-9-7-10-20-48)70-68(72-69)49-21-11-8-12-22-49)74-61-28-18-15-25-55(61)57-41-52(31-34-63(57)74)66-46(5)37-43(2)38-47(66)6/h7-41H,1-6H3. The summed E-state index contributed by atoms with van der Waals surface area (Å²) in [4.78, 5) is 16.0. The molecule has 3 heterocycles. The summed E-state index contributed by atoms with van der Waals surface area (Å²) in [5.41, 5.74) is 24.2. The normalized spacial score (nSPS) is 11.6. The molecule has 13 rings (SSSR count). The lowest BCUT2D eigenvalue weighted by Gasteiger charge is -2.18. The van der Waals surface area contributed by atoms with Gasteiger partial charge in [-0.3, -0.25) is 0 Å². The number of benzene rings is 10. The molecule has 0 amide bonds. The summed E-state index contributed by atoms with van der Waals surface area (Å²) in [6.45, 7) is 13.3. The molecule has 0 saturated heterocycles. The van der Waals surface area contributed by atoms with E-state index in [1.165, 1.54) is 77.2 Å². The van der Waals surface area contributed by atoms with Crippen LogP contribution in [0.4, 0.5) is 0 Å². The zero-order valence-electron chi connectivity index (χ0n) is 42.4. The Labute approximate surface area is 431 Å². The van der Waals surface area contributed by atoms with Gasteiger partial charge in [-0.25, -0.2) is 15.0 Å². The lowest BCUT2D eigenvalue weighted by molar-refractivity contribution is 1.06. The van der Waals surface area contributed by atoms with Crippen LogP contribution < -0.4 is 0 Å². The van der Waals surface area contributed by atoms with Gasteiger partial charge in [0.15, 0.2) is 17.5 Å². The quantitative estimate of drug-likeness (QED) is 0.152. The van der Waals surface area contributed by atoms with Crippen LogP contribution in [0.1, 0.15) is 33.4 Å². The maximum Gasteiger partial charge on any atom is 0.166 e. The minimum absolute atomic E-state index is 0.589. The molecule has 13 aromatic rings. The molecule has 5 nitrogen and oxygen atoms in total. The molecular formula is C69H53N5. The first kappa shape index (κ1) is 44.7. The van der Waals surface area contributed by atoms with Crippen molar-refractivity contribution in [3.05, 3.63) is 246 Å². The second kappa shape index (κ2) is 17.8.